The van der Waals surface area contributed by atoms with Gasteiger partial charge < -0.3 is 16.0 Å². The monoisotopic (exact) mass is 569 g/mol. The number of benzene rings is 1. The molecule has 1 atom stereocenters. The zero-order valence-electron chi connectivity index (χ0n) is 23.6. The summed E-state index contributed by atoms with van der Waals surface area (Å²) < 4.78 is 2.07. The molecule has 214 valence electrons. The number of imidazole rings is 1. The van der Waals surface area contributed by atoms with Crippen LogP contribution in [0.4, 0.5) is 11.6 Å². The molecule has 1 fully saturated rings. The van der Waals surface area contributed by atoms with Gasteiger partial charge in [-0.15, -0.1) is 4.80 Å². The first-order chi connectivity index (χ1) is 21.2. The van der Waals surface area contributed by atoms with Crippen LogP contribution in [-0.4, -0.2) is 58.6 Å². The summed E-state index contributed by atoms with van der Waals surface area (Å²) >= 11 is 0. The highest BCUT2D eigenvalue weighted by Crippen LogP contribution is 2.36. The molecule has 11 nitrogen and oxygen atoms in total. The van der Waals surface area contributed by atoms with Gasteiger partial charge in [-0.25, -0.2) is 19.9 Å². The van der Waals surface area contributed by atoms with Crippen LogP contribution in [0.25, 0.3) is 34.1 Å². The van der Waals surface area contributed by atoms with Crippen LogP contribution in [0.1, 0.15) is 36.4 Å². The van der Waals surface area contributed by atoms with Gasteiger partial charge in [0, 0.05) is 43.3 Å². The van der Waals surface area contributed by atoms with E-state index >= 15 is 0 Å². The van der Waals surface area contributed by atoms with Crippen molar-refractivity contribution in [1.82, 2.24) is 44.8 Å². The first kappa shape index (κ1) is 25.5. The summed E-state index contributed by atoms with van der Waals surface area (Å²) in [5.74, 6) is 2.81. The molecule has 0 bridgehead atoms. The van der Waals surface area contributed by atoms with Gasteiger partial charge in [0.25, 0.3) is 0 Å². The van der Waals surface area contributed by atoms with Crippen LogP contribution < -0.4 is 16.0 Å². The summed E-state index contributed by atoms with van der Waals surface area (Å²) in [6.07, 6.45) is 11.2. The van der Waals surface area contributed by atoms with Gasteiger partial charge in [0.1, 0.15) is 17.2 Å². The van der Waals surface area contributed by atoms with Gasteiger partial charge >= 0.3 is 0 Å². The first-order valence-electron chi connectivity index (χ1n) is 14.7. The first-order valence-corrected chi connectivity index (χ1v) is 14.7. The number of anilines is 2. The average molecular weight is 570 g/mol. The summed E-state index contributed by atoms with van der Waals surface area (Å²) in [4.78, 5) is 22.7. The second-order valence-corrected chi connectivity index (χ2v) is 11.1. The number of rotatable bonds is 6. The predicted molar refractivity (Wildman–Crippen MR) is 165 cm³/mol. The number of hydrogen-bond acceptors (Lipinski definition) is 9. The second-order valence-electron chi connectivity index (χ2n) is 11.1. The number of nitrogens with one attached hydrogen (secondary N) is 1. The molecular weight excluding hydrogens is 538 g/mol. The minimum absolute atomic E-state index is 0.346. The van der Waals surface area contributed by atoms with Crippen molar-refractivity contribution in [2.45, 2.75) is 37.8 Å². The van der Waals surface area contributed by atoms with E-state index < -0.39 is 0 Å². The highest BCUT2D eigenvalue weighted by molar-refractivity contribution is 5.83. The fourth-order valence-electron chi connectivity index (χ4n) is 6.44. The highest BCUT2D eigenvalue weighted by atomic mass is 15.5. The molecule has 3 N–H and O–H groups in total. The number of pyridine rings is 3. The summed E-state index contributed by atoms with van der Waals surface area (Å²) in [5.41, 5.74) is 12.3. The number of nitrogen functional groups attached to an aromatic ring is 1. The van der Waals surface area contributed by atoms with Crippen LogP contribution in [-0.2, 0) is 6.42 Å². The molecular formula is C32H31N11. The maximum Gasteiger partial charge on any atom is 0.176 e. The summed E-state index contributed by atoms with van der Waals surface area (Å²) in [7, 11) is 0. The Hall–Kier alpha value is -5.16. The summed E-state index contributed by atoms with van der Waals surface area (Å²) in [5, 5.41) is 12.5. The molecule has 1 saturated heterocycles. The molecule has 1 aliphatic heterocycles. The van der Waals surface area contributed by atoms with Gasteiger partial charge in [-0.3, -0.25) is 4.57 Å². The molecule has 6 aromatic rings. The van der Waals surface area contributed by atoms with E-state index in [9.17, 15) is 0 Å². The van der Waals surface area contributed by atoms with Crippen molar-refractivity contribution in [2.24, 2.45) is 0 Å². The SMILES string of the molecule is Nc1ncccc1-c1nc2ccc(-n3nccn3)nc2n1-c1ccc2c(c1)CCC2NC1CCN(c2ccccn2)CC1. The highest BCUT2D eigenvalue weighted by Gasteiger charge is 2.28. The Morgan fingerprint density at radius 3 is 2.47 bits per heavy atom. The lowest BCUT2D eigenvalue weighted by molar-refractivity contribution is 0.367. The fourth-order valence-corrected chi connectivity index (χ4v) is 6.44. The molecule has 1 aromatic carbocycles. The topological polar surface area (TPSA) is 128 Å². The van der Waals surface area contributed by atoms with Crippen molar-refractivity contribution in [2.75, 3.05) is 23.7 Å². The number of fused-ring (bicyclic) bond motifs is 2. The molecule has 11 heteroatoms. The number of aryl methyl sites for hydroxylation is 1. The molecule has 1 unspecified atom stereocenters. The van der Waals surface area contributed by atoms with E-state index in [-0.39, 0.29) is 0 Å². The van der Waals surface area contributed by atoms with Crippen molar-refractivity contribution < 1.29 is 0 Å². The quantitative estimate of drug-likeness (QED) is 0.302. The van der Waals surface area contributed by atoms with Gasteiger partial charge in [-0.2, -0.15) is 10.2 Å². The van der Waals surface area contributed by atoms with E-state index in [2.05, 4.69) is 65.3 Å². The second kappa shape index (κ2) is 10.6. The zero-order valence-corrected chi connectivity index (χ0v) is 23.6. The molecule has 6 heterocycles. The molecule has 0 amide bonds. The van der Waals surface area contributed by atoms with Crippen molar-refractivity contribution in [3.63, 3.8) is 0 Å². The fraction of sp³-hybridized carbons (Fsp3) is 0.250. The van der Waals surface area contributed by atoms with Gasteiger partial charge in [0.05, 0.1) is 18.0 Å². The lowest BCUT2D eigenvalue weighted by Crippen LogP contribution is -2.43. The molecule has 2 aliphatic rings. The van der Waals surface area contributed by atoms with E-state index in [1.165, 1.54) is 15.9 Å². The molecule has 8 rings (SSSR count). The minimum atomic E-state index is 0.346. The third kappa shape index (κ3) is 4.67. The van der Waals surface area contributed by atoms with Crippen LogP contribution in [0, 0.1) is 0 Å². The van der Waals surface area contributed by atoms with Crippen molar-refractivity contribution >= 4 is 22.8 Å². The molecule has 5 aromatic heterocycles. The Labute approximate surface area is 248 Å². The minimum Gasteiger partial charge on any atom is -0.383 e. The molecule has 43 heavy (non-hydrogen) atoms. The Morgan fingerprint density at radius 1 is 0.791 bits per heavy atom. The van der Waals surface area contributed by atoms with Crippen LogP contribution in [0.2, 0.25) is 0 Å². The standard InChI is InChI=1S/C32H31N11/c33-30-25(4-3-15-35-30)31-39-27-10-11-29(43-36-16-17-37-43)40-32(27)42(31)23-7-8-24-21(20-23)6-9-26(24)38-22-12-18-41(19-13-22)28-5-1-2-14-34-28/h1-5,7-8,10-11,14-17,20,22,26,38H,6,9,12-13,18-19H2,(H2,33,35). The number of hydrogen-bond donors (Lipinski definition) is 2. The van der Waals surface area contributed by atoms with Gasteiger partial charge in [-0.1, -0.05) is 12.1 Å². The third-order valence-electron chi connectivity index (χ3n) is 8.56. The van der Waals surface area contributed by atoms with E-state index in [0.29, 0.717) is 35.2 Å². The van der Waals surface area contributed by atoms with Crippen molar-refractivity contribution in [3.8, 4) is 22.9 Å². The Bertz CT molecular complexity index is 1890. The Balaban J connectivity index is 1.11. The van der Waals surface area contributed by atoms with Crippen molar-refractivity contribution in [1.29, 1.82) is 0 Å². The van der Waals surface area contributed by atoms with Crippen LogP contribution in [0.5, 0.6) is 0 Å². The van der Waals surface area contributed by atoms with Crippen molar-refractivity contribution in [3.05, 3.63) is 96.6 Å². The lowest BCUT2D eigenvalue weighted by atomic mass is 10.0. The van der Waals surface area contributed by atoms with E-state index in [4.69, 9.17) is 15.7 Å². The smallest absolute Gasteiger partial charge is 0.176 e. The van der Waals surface area contributed by atoms with E-state index in [1.807, 2.05) is 36.5 Å². The van der Waals surface area contributed by atoms with Gasteiger partial charge in [-0.05, 0) is 85.3 Å². The van der Waals surface area contributed by atoms with Crippen LogP contribution in [0.15, 0.2) is 85.5 Å². The predicted octanol–water partition coefficient (Wildman–Crippen LogP) is 4.29. The Kier molecular flexibility index (Phi) is 6.29. The van der Waals surface area contributed by atoms with E-state index in [0.717, 1.165) is 61.4 Å². The maximum absolute atomic E-state index is 6.34. The number of piperidine rings is 1. The number of nitrogens with zero attached hydrogens (tertiary/aromatic N) is 9. The van der Waals surface area contributed by atoms with Gasteiger partial charge in [0.15, 0.2) is 17.3 Å². The largest absolute Gasteiger partial charge is 0.383 e. The summed E-state index contributed by atoms with van der Waals surface area (Å²) in [6, 6.07) is 21.3. The lowest BCUT2D eigenvalue weighted by Gasteiger charge is -2.34. The molecule has 1 aliphatic carbocycles. The van der Waals surface area contributed by atoms with Crippen LogP contribution >= 0.6 is 0 Å². The van der Waals surface area contributed by atoms with Gasteiger partial charge in [0.2, 0.25) is 0 Å². The summed E-state index contributed by atoms with van der Waals surface area (Å²) in [6.45, 7) is 2.04. The average Bonchev–Trinajstić information content (AvgIpc) is 3.81. The van der Waals surface area contributed by atoms with E-state index in [1.54, 1.807) is 18.6 Å². The molecule has 0 saturated carbocycles. The third-order valence-corrected chi connectivity index (χ3v) is 8.56. The Morgan fingerprint density at radius 2 is 1.65 bits per heavy atom. The normalized spacial score (nSPS) is 17.0. The molecule has 0 radical (unpaired) electrons. The maximum atomic E-state index is 6.34. The number of nitrogens with two attached hydrogens (primary N) is 1. The molecule has 0 spiro atoms. The zero-order chi connectivity index (χ0) is 28.8. The van der Waals surface area contributed by atoms with Crippen LogP contribution in [0.3, 0.4) is 0 Å². The number of aromatic nitrogens is 8.